The zero-order valence-corrected chi connectivity index (χ0v) is 12.7. The molecule has 2 rings (SSSR count). The first-order chi connectivity index (χ1) is 10.1. The third-order valence-electron chi connectivity index (χ3n) is 3.79. The summed E-state index contributed by atoms with van der Waals surface area (Å²) in [4.78, 5) is 25.4. The monoisotopic (exact) mass is 295 g/mol. The van der Waals surface area contributed by atoms with Gasteiger partial charge in [0, 0.05) is 5.56 Å². The summed E-state index contributed by atoms with van der Waals surface area (Å²) in [5.74, 6) is 0.177. The molecule has 0 N–H and O–H groups in total. The molecular formula is C15H21NO5. The third kappa shape index (κ3) is 3.44. The van der Waals surface area contributed by atoms with Crippen LogP contribution < -0.4 is 0 Å². The Morgan fingerprint density at radius 1 is 1.33 bits per heavy atom. The third-order valence-corrected chi connectivity index (χ3v) is 3.79. The molecule has 2 heterocycles. The fraction of sp³-hybridized carbons (Fsp3) is 0.600. The van der Waals surface area contributed by atoms with Gasteiger partial charge in [0.05, 0.1) is 20.8 Å². The second-order valence-electron chi connectivity index (χ2n) is 5.22. The number of nitrogens with zero attached hydrogens (tertiary/aromatic N) is 1. The summed E-state index contributed by atoms with van der Waals surface area (Å²) in [6.07, 6.45) is 2.84. The molecule has 1 aliphatic rings. The van der Waals surface area contributed by atoms with Crippen molar-refractivity contribution in [1.29, 1.82) is 0 Å². The minimum atomic E-state index is -0.484. The van der Waals surface area contributed by atoms with E-state index in [0.717, 1.165) is 31.4 Å². The zero-order valence-electron chi connectivity index (χ0n) is 12.7. The van der Waals surface area contributed by atoms with Crippen LogP contribution in [0, 0.1) is 6.92 Å². The average Bonchev–Trinajstić information content (AvgIpc) is 2.86. The molecule has 1 aromatic rings. The second kappa shape index (κ2) is 6.76. The van der Waals surface area contributed by atoms with Crippen LogP contribution in [-0.4, -0.2) is 43.6 Å². The van der Waals surface area contributed by atoms with Gasteiger partial charge in [-0.1, -0.05) is 6.42 Å². The molecule has 0 unspecified atom stereocenters. The molecule has 0 saturated carbocycles. The zero-order chi connectivity index (χ0) is 15.4. The van der Waals surface area contributed by atoms with Crippen molar-refractivity contribution in [3.63, 3.8) is 0 Å². The van der Waals surface area contributed by atoms with Gasteiger partial charge < -0.3 is 13.9 Å². The lowest BCUT2D eigenvalue weighted by atomic mass is 10.0. The van der Waals surface area contributed by atoms with E-state index in [1.807, 2.05) is 11.0 Å². The normalized spacial score (nSPS) is 19.3. The number of esters is 2. The van der Waals surface area contributed by atoms with E-state index >= 15 is 0 Å². The van der Waals surface area contributed by atoms with Gasteiger partial charge in [0.25, 0.3) is 0 Å². The van der Waals surface area contributed by atoms with Crippen LogP contribution in [0.2, 0.25) is 0 Å². The minimum absolute atomic E-state index is 0.217. The number of carbonyl (C=O) groups excluding carboxylic acids is 2. The van der Waals surface area contributed by atoms with Crippen LogP contribution in [-0.2, 0) is 20.8 Å². The molecule has 0 aromatic carbocycles. The molecule has 1 saturated heterocycles. The van der Waals surface area contributed by atoms with Gasteiger partial charge in [0.15, 0.2) is 0 Å². The van der Waals surface area contributed by atoms with Crippen LogP contribution in [0.25, 0.3) is 0 Å². The molecule has 0 spiro atoms. The van der Waals surface area contributed by atoms with Gasteiger partial charge >= 0.3 is 11.9 Å². The van der Waals surface area contributed by atoms with Crippen molar-refractivity contribution in [2.75, 3.05) is 20.8 Å². The van der Waals surface area contributed by atoms with Crippen molar-refractivity contribution in [2.45, 2.75) is 38.8 Å². The average molecular weight is 295 g/mol. The maximum Gasteiger partial charge on any atom is 0.374 e. The van der Waals surface area contributed by atoms with Gasteiger partial charge in [-0.25, -0.2) is 4.79 Å². The quantitative estimate of drug-likeness (QED) is 0.790. The lowest BCUT2D eigenvalue weighted by Crippen LogP contribution is -2.44. The molecule has 1 atom stereocenters. The van der Waals surface area contributed by atoms with E-state index in [1.54, 1.807) is 6.92 Å². The highest BCUT2D eigenvalue weighted by molar-refractivity contribution is 5.87. The molecule has 0 aliphatic carbocycles. The predicted molar refractivity (Wildman–Crippen MR) is 74.8 cm³/mol. The van der Waals surface area contributed by atoms with Crippen LogP contribution >= 0.6 is 0 Å². The van der Waals surface area contributed by atoms with Crippen molar-refractivity contribution in [3.8, 4) is 0 Å². The van der Waals surface area contributed by atoms with Crippen LogP contribution in [0.4, 0.5) is 0 Å². The molecule has 116 valence electrons. The number of rotatable bonds is 4. The van der Waals surface area contributed by atoms with Crippen LogP contribution in [0.5, 0.6) is 0 Å². The van der Waals surface area contributed by atoms with Crippen LogP contribution in [0.15, 0.2) is 10.5 Å². The van der Waals surface area contributed by atoms with Crippen molar-refractivity contribution in [2.24, 2.45) is 0 Å². The molecule has 0 bridgehead atoms. The molecule has 0 amide bonds. The molecule has 21 heavy (non-hydrogen) atoms. The fourth-order valence-electron chi connectivity index (χ4n) is 2.70. The number of likely N-dealkylation sites (tertiary alicyclic amines) is 1. The van der Waals surface area contributed by atoms with E-state index in [2.05, 4.69) is 4.74 Å². The van der Waals surface area contributed by atoms with Gasteiger partial charge in [-0.2, -0.15) is 0 Å². The fourth-order valence-corrected chi connectivity index (χ4v) is 2.70. The number of methoxy groups -OCH3 is 2. The lowest BCUT2D eigenvalue weighted by molar-refractivity contribution is -0.148. The first-order valence-electron chi connectivity index (χ1n) is 7.06. The highest BCUT2D eigenvalue weighted by Gasteiger charge is 2.30. The SMILES string of the molecule is COC(=O)c1oc(CN2CCCC[C@@H]2C(=O)OC)cc1C. The molecule has 0 radical (unpaired) electrons. The second-order valence-corrected chi connectivity index (χ2v) is 5.22. The van der Waals surface area contributed by atoms with Gasteiger partial charge in [-0.15, -0.1) is 0 Å². The van der Waals surface area contributed by atoms with Crippen LogP contribution in [0.3, 0.4) is 0 Å². The number of ether oxygens (including phenoxy) is 2. The molecule has 1 aromatic heterocycles. The highest BCUT2D eigenvalue weighted by atomic mass is 16.5. The maximum absolute atomic E-state index is 11.8. The van der Waals surface area contributed by atoms with Crippen molar-refractivity contribution in [3.05, 3.63) is 23.2 Å². The molecule has 6 heteroatoms. The van der Waals surface area contributed by atoms with E-state index < -0.39 is 5.97 Å². The Hall–Kier alpha value is -1.82. The van der Waals surface area contributed by atoms with E-state index in [9.17, 15) is 9.59 Å². The van der Waals surface area contributed by atoms with Gasteiger partial charge in [-0.05, 0) is 32.4 Å². The summed E-state index contributed by atoms with van der Waals surface area (Å²) >= 11 is 0. The van der Waals surface area contributed by atoms with Crippen LogP contribution in [0.1, 0.15) is 41.1 Å². The Kier molecular flexibility index (Phi) is 5.01. The predicted octanol–water partition coefficient (Wildman–Crippen LogP) is 1.90. The van der Waals surface area contributed by atoms with E-state index in [1.165, 1.54) is 14.2 Å². The molecule has 1 aliphatic heterocycles. The van der Waals surface area contributed by atoms with Crippen molar-refractivity contribution >= 4 is 11.9 Å². The molecular weight excluding hydrogens is 274 g/mol. The highest BCUT2D eigenvalue weighted by Crippen LogP contribution is 2.23. The summed E-state index contributed by atoms with van der Waals surface area (Å²) in [6, 6.07) is 1.57. The smallest absolute Gasteiger partial charge is 0.374 e. The van der Waals surface area contributed by atoms with Crippen molar-refractivity contribution < 1.29 is 23.5 Å². The van der Waals surface area contributed by atoms with Gasteiger partial charge in [0.2, 0.25) is 5.76 Å². The van der Waals surface area contributed by atoms with Gasteiger partial charge in [-0.3, -0.25) is 9.69 Å². The van der Waals surface area contributed by atoms with E-state index in [4.69, 9.17) is 9.15 Å². The summed E-state index contributed by atoms with van der Waals surface area (Å²) in [5, 5.41) is 0. The Labute approximate surface area is 124 Å². The Balaban J connectivity index is 2.12. The minimum Gasteiger partial charge on any atom is -0.468 e. The van der Waals surface area contributed by atoms with E-state index in [0.29, 0.717) is 12.3 Å². The summed E-state index contributed by atoms with van der Waals surface area (Å²) in [5.41, 5.74) is 0.739. The summed E-state index contributed by atoms with van der Waals surface area (Å²) in [7, 11) is 2.73. The Morgan fingerprint density at radius 3 is 2.76 bits per heavy atom. The largest absolute Gasteiger partial charge is 0.468 e. The van der Waals surface area contributed by atoms with Gasteiger partial charge in [0.1, 0.15) is 11.8 Å². The number of carbonyl (C=O) groups is 2. The maximum atomic E-state index is 11.8. The van der Waals surface area contributed by atoms with Crippen molar-refractivity contribution in [1.82, 2.24) is 4.90 Å². The first kappa shape index (κ1) is 15.6. The Bertz CT molecular complexity index is 522. The standard InChI is InChI=1S/C15H21NO5/c1-10-8-11(21-13(10)15(18)20-3)9-16-7-5-4-6-12(16)14(17)19-2/h8,12H,4-7,9H2,1-3H3/t12-/m1/s1. The number of piperidine rings is 1. The topological polar surface area (TPSA) is 69.0 Å². The summed E-state index contributed by atoms with van der Waals surface area (Å²) in [6.45, 7) is 3.10. The van der Waals surface area contributed by atoms with E-state index in [-0.39, 0.29) is 17.8 Å². The number of aryl methyl sites for hydroxylation is 1. The number of hydrogen-bond donors (Lipinski definition) is 0. The molecule has 6 nitrogen and oxygen atoms in total. The number of furan rings is 1. The number of hydrogen-bond acceptors (Lipinski definition) is 6. The summed E-state index contributed by atoms with van der Waals surface area (Å²) < 4.78 is 15.1. The Morgan fingerprint density at radius 2 is 2.10 bits per heavy atom. The lowest BCUT2D eigenvalue weighted by Gasteiger charge is -2.32. The first-order valence-corrected chi connectivity index (χ1v) is 7.06. The molecule has 1 fully saturated rings.